The SMILES string of the molecule is Cn1c(SCC(=O)N2c3ccccc3Sc3ccccc32)nc2ccccc2c1=O. The Balaban J connectivity index is 1.48. The highest BCUT2D eigenvalue weighted by Crippen LogP contribution is 2.48. The van der Waals surface area contributed by atoms with Gasteiger partial charge in [-0.25, -0.2) is 4.98 Å². The summed E-state index contributed by atoms with van der Waals surface area (Å²) in [5.41, 5.74) is 2.29. The minimum absolute atomic E-state index is 0.0531. The van der Waals surface area contributed by atoms with Gasteiger partial charge in [-0.15, -0.1) is 0 Å². The second-order valence-corrected chi connectivity index (χ2v) is 8.86. The van der Waals surface area contributed by atoms with Crippen LogP contribution < -0.4 is 10.5 Å². The van der Waals surface area contributed by atoms with E-state index in [9.17, 15) is 9.59 Å². The Bertz CT molecular complexity index is 1300. The topological polar surface area (TPSA) is 55.2 Å². The molecule has 0 saturated heterocycles. The van der Waals surface area contributed by atoms with Gasteiger partial charge < -0.3 is 0 Å². The lowest BCUT2D eigenvalue weighted by molar-refractivity contribution is -0.115. The first-order valence-electron chi connectivity index (χ1n) is 9.41. The van der Waals surface area contributed by atoms with Gasteiger partial charge in [0.2, 0.25) is 5.91 Å². The molecule has 3 aromatic carbocycles. The quantitative estimate of drug-likeness (QED) is 0.343. The lowest BCUT2D eigenvalue weighted by Gasteiger charge is -2.31. The van der Waals surface area contributed by atoms with Gasteiger partial charge in [0, 0.05) is 16.8 Å². The summed E-state index contributed by atoms with van der Waals surface area (Å²) >= 11 is 2.95. The van der Waals surface area contributed by atoms with Crippen LogP contribution >= 0.6 is 23.5 Å². The number of carbonyl (C=O) groups excluding carboxylic acids is 1. The van der Waals surface area contributed by atoms with Crippen molar-refractivity contribution in [1.82, 2.24) is 9.55 Å². The zero-order chi connectivity index (χ0) is 20.7. The molecule has 0 saturated carbocycles. The van der Waals surface area contributed by atoms with E-state index in [4.69, 9.17) is 0 Å². The van der Waals surface area contributed by atoms with Crippen LogP contribution in [0.3, 0.4) is 0 Å². The summed E-state index contributed by atoms with van der Waals surface area (Å²) in [6.45, 7) is 0. The number of nitrogens with zero attached hydrogens (tertiary/aromatic N) is 3. The maximum Gasteiger partial charge on any atom is 0.261 e. The molecule has 2 heterocycles. The number of amides is 1. The Kier molecular flexibility index (Phi) is 4.84. The Morgan fingerprint density at radius 1 is 0.933 bits per heavy atom. The summed E-state index contributed by atoms with van der Waals surface area (Å²) in [4.78, 5) is 34.4. The number of anilines is 2. The van der Waals surface area contributed by atoms with E-state index in [1.165, 1.54) is 16.3 Å². The van der Waals surface area contributed by atoms with Gasteiger partial charge in [0.15, 0.2) is 5.16 Å². The van der Waals surface area contributed by atoms with E-state index in [1.807, 2.05) is 66.7 Å². The zero-order valence-electron chi connectivity index (χ0n) is 16.1. The smallest absolute Gasteiger partial charge is 0.261 e. The van der Waals surface area contributed by atoms with Crippen molar-refractivity contribution in [2.45, 2.75) is 14.9 Å². The van der Waals surface area contributed by atoms with Crippen LogP contribution in [0.1, 0.15) is 0 Å². The van der Waals surface area contributed by atoms with Crippen molar-refractivity contribution in [3.8, 4) is 0 Å². The standard InChI is InChI=1S/C23H17N3O2S2/c1-25-22(28)15-8-2-3-9-16(15)24-23(25)29-14-21(27)26-17-10-4-6-12-19(17)30-20-13-7-5-11-18(20)26/h2-13H,14H2,1H3. The first-order valence-corrected chi connectivity index (χ1v) is 11.2. The number of thioether (sulfide) groups is 1. The van der Waals surface area contributed by atoms with Crippen molar-refractivity contribution >= 4 is 51.7 Å². The summed E-state index contributed by atoms with van der Waals surface area (Å²) in [5, 5.41) is 1.10. The van der Waals surface area contributed by atoms with Crippen LogP contribution in [0.2, 0.25) is 0 Å². The van der Waals surface area contributed by atoms with Crippen molar-refractivity contribution in [2.24, 2.45) is 7.05 Å². The van der Waals surface area contributed by atoms with E-state index in [0.29, 0.717) is 16.1 Å². The fraction of sp³-hybridized carbons (Fsp3) is 0.0870. The molecule has 5 rings (SSSR count). The Morgan fingerprint density at radius 3 is 2.23 bits per heavy atom. The number of hydrogen-bond donors (Lipinski definition) is 0. The highest BCUT2D eigenvalue weighted by Gasteiger charge is 2.28. The maximum atomic E-state index is 13.3. The predicted molar refractivity (Wildman–Crippen MR) is 122 cm³/mol. The van der Waals surface area contributed by atoms with E-state index in [-0.39, 0.29) is 17.2 Å². The largest absolute Gasteiger partial charge is 0.290 e. The molecule has 4 aromatic rings. The predicted octanol–water partition coefficient (Wildman–Crippen LogP) is 4.86. The lowest BCUT2D eigenvalue weighted by Crippen LogP contribution is -2.30. The van der Waals surface area contributed by atoms with Crippen molar-refractivity contribution in [1.29, 1.82) is 0 Å². The number of fused-ring (bicyclic) bond motifs is 3. The maximum absolute atomic E-state index is 13.3. The molecule has 1 aliphatic heterocycles. The molecule has 7 heteroatoms. The molecule has 5 nitrogen and oxygen atoms in total. The normalized spacial score (nSPS) is 12.5. The average Bonchev–Trinajstić information content (AvgIpc) is 2.78. The molecule has 0 N–H and O–H groups in total. The van der Waals surface area contributed by atoms with E-state index in [1.54, 1.807) is 29.8 Å². The van der Waals surface area contributed by atoms with Crippen LogP contribution in [0.25, 0.3) is 10.9 Å². The van der Waals surface area contributed by atoms with Crippen molar-refractivity contribution in [2.75, 3.05) is 10.7 Å². The molecule has 0 fully saturated rings. The molecule has 0 aliphatic carbocycles. The fourth-order valence-electron chi connectivity index (χ4n) is 3.49. The summed E-state index contributed by atoms with van der Waals surface area (Å²) in [5.74, 6) is 0.119. The summed E-state index contributed by atoms with van der Waals surface area (Å²) in [7, 11) is 1.69. The van der Waals surface area contributed by atoms with Crippen molar-refractivity contribution in [3.63, 3.8) is 0 Å². The summed E-state index contributed by atoms with van der Waals surface area (Å²) < 4.78 is 1.51. The molecule has 0 spiro atoms. The third-order valence-corrected chi connectivity index (χ3v) is 7.09. The molecular formula is C23H17N3O2S2. The van der Waals surface area contributed by atoms with E-state index < -0.39 is 0 Å². The Morgan fingerprint density at radius 2 is 1.53 bits per heavy atom. The average molecular weight is 432 g/mol. The van der Waals surface area contributed by atoms with Gasteiger partial charge in [-0.05, 0) is 36.4 Å². The number of hydrogen-bond acceptors (Lipinski definition) is 5. The molecule has 0 radical (unpaired) electrons. The van der Waals surface area contributed by atoms with Crippen LogP contribution in [0.5, 0.6) is 0 Å². The molecule has 1 amide bonds. The summed E-state index contributed by atoms with van der Waals surface area (Å²) in [6.07, 6.45) is 0. The highest BCUT2D eigenvalue weighted by atomic mass is 32.2. The van der Waals surface area contributed by atoms with E-state index in [2.05, 4.69) is 4.98 Å². The molecular weight excluding hydrogens is 414 g/mol. The first kappa shape index (κ1) is 19.0. The van der Waals surface area contributed by atoms with Gasteiger partial charge in [-0.3, -0.25) is 19.1 Å². The lowest BCUT2D eigenvalue weighted by atomic mass is 10.2. The van der Waals surface area contributed by atoms with Crippen LogP contribution in [-0.2, 0) is 11.8 Å². The van der Waals surface area contributed by atoms with Crippen LogP contribution in [-0.4, -0.2) is 21.2 Å². The molecule has 0 bridgehead atoms. The van der Waals surface area contributed by atoms with Crippen molar-refractivity contribution in [3.05, 3.63) is 83.2 Å². The van der Waals surface area contributed by atoms with Gasteiger partial charge in [0.25, 0.3) is 5.56 Å². The molecule has 30 heavy (non-hydrogen) atoms. The molecule has 0 unspecified atom stereocenters. The molecule has 148 valence electrons. The van der Waals surface area contributed by atoms with Gasteiger partial charge in [0.05, 0.1) is 28.0 Å². The number of aromatic nitrogens is 2. The number of para-hydroxylation sites is 3. The van der Waals surface area contributed by atoms with Crippen LogP contribution in [0, 0.1) is 0 Å². The van der Waals surface area contributed by atoms with Crippen LogP contribution in [0.4, 0.5) is 11.4 Å². The van der Waals surface area contributed by atoms with Crippen LogP contribution in [0.15, 0.2) is 92.5 Å². The minimum atomic E-state index is -0.111. The number of rotatable bonds is 3. The van der Waals surface area contributed by atoms with Gasteiger partial charge in [-0.2, -0.15) is 0 Å². The number of carbonyl (C=O) groups is 1. The third-order valence-electron chi connectivity index (χ3n) is 4.95. The Hall–Kier alpha value is -3.03. The van der Waals surface area contributed by atoms with Crippen molar-refractivity contribution < 1.29 is 4.79 Å². The number of benzene rings is 3. The minimum Gasteiger partial charge on any atom is -0.290 e. The molecule has 0 atom stereocenters. The molecule has 1 aliphatic rings. The second-order valence-electron chi connectivity index (χ2n) is 6.83. The fourth-order valence-corrected chi connectivity index (χ4v) is 5.37. The Labute approximate surface area is 181 Å². The second kappa shape index (κ2) is 7.66. The summed E-state index contributed by atoms with van der Waals surface area (Å²) in [6, 6.07) is 23.1. The zero-order valence-corrected chi connectivity index (χ0v) is 17.7. The molecule has 1 aromatic heterocycles. The van der Waals surface area contributed by atoms with Gasteiger partial charge in [-0.1, -0.05) is 59.9 Å². The van der Waals surface area contributed by atoms with E-state index in [0.717, 1.165) is 21.2 Å². The highest BCUT2D eigenvalue weighted by molar-refractivity contribution is 8.00. The first-order chi connectivity index (χ1) is 14.6. The van der Waals surface area contributed by atoms with E-state index >= 15 is 0 Å². The van der Waals surface area contributed by atoms with Gasteiger partial charge in [0.1, 0.15) is 0 Å². The van der Waals surface area contributed by atoms with Gasteiger partial charge >= 0.3 is 0 Å². The third kappa shape index (κ3) is 3.20. The monoisotopic (exact) mass is 431 g/mol.